The molecule has 0 unspecified atom stereocenters. The normalized spacial score (nSPS) is 10.6. The number of hydrogen-bond acceptors (Lipinski definition) is 6. The maximum atomic E-state index is 13.1. The lowest BCUT2D eigenvalue weighted by atomic mass is 10.0. The molecule has 9 nitrogen and oxygen atoms in total. The Hall–Kier alpha value is -4.02. The minimum Gasteiger partial charge on any atom is -0.480 e. The summed E-state index contributed by atoms with van der Waals surface area (Å²) in [5.41, 5.74) is 10.4. The van der Waals surface area contributed by atoms with Gasteiger partial charge in [0, 0.05) is 52.8 Å². The van der Waals surface area contributed by atoms with Crippen LogP contribution in [0, 0.1) is 5.41 Å². The first-order valence-corrected chi connectivity index (χ1v) is 11.7. The number of carboxylic acids is 1. The van der Waals surface area contributed by atoms with E-state index in [2.05, 4.69) is 4.98 Å². The molecular weight excluding hydrogens is 502 g/mol. The maximum Gasteiger partial charge on any atom is 0.323 e. The Kier molecular flexibility index (Phi) is 8.23. The summed E-state index contributed by atoms with van der Waals surface area (Å²) in [6, 6.07) is 12.3. The van der Waals surface area contributed by atoms with E-state index in [0.717, 1.165) is 16.0 Å². The average Bonchev–Trinajstić information content (AvgIpc) is 3.49. The summed E-state index contributed by atoms with van der Waals surface area (Å²) >= 11 is 1.25. The molecule has 4 rings (SSSR count). The molecule has 2 aromatic carbocycles. The van der Waals surface area contributed by atoms with Crippen LogP contribution in [-0.4, -0.2) is 44.7 Å². The van der Waals surface area contributed by atoms with Crippen LogP contribution in [0.25, 0.3) is 10.9 Å². The van der Waals surface area contributed by atoms with Crippen molar-refractivity contribution in [1.29, 1.82) is 5.41 Å². The number of nitrogens with two attached hydrogens (primary N) is 1. The van der Waals surface area contributed by atoms with Gasteiger partial charge in [0.2, 0.25) is 0 Å². The number of aliphatic carboxylic acids is 1. The van der Waals surface area contributed by atoms with Gasteiger partial charge in [0.25, 0.3) is 5.91 Å². The highest BCUT2D eigenvalue weighted by molar-refractivity contribution is 7.07. The number of amides is 1. The lowest BCUT2D eigenvalue weighted by Crippen LogP contribution is -2.35. The topological polar surface area (TPSA) is 142 Å². The fraction of sp³-hybridized carbons (Fsp3) is 0.160. The van der Waals surface area contributed by atoms with Crippen LogP contribution in [0.3, 0.4) is 0 Å². The van der Waals surface area contributed by atoms with Crippen LogP contribution in [0.1, 0.15) is 38.4 Å². The molecule has 0 aliphatic heterocycles. The molecule has 2 aromatic heterocycles. The van der Waals surface area contributed by atoms with E-state index in [1.165, 1.54) is 16.8 Å². The molecule has 0 bridgehead atoms. The zero-order chi connectivity index (χ0) is 25.1. The zero-order valence-corrected chi connectivity index (χ0v) is 20.9. The Morgan fingerprint density at radius 3 is 2.50 bits per heavy atom. The molecule has 0 aliphatic rings. The number of carbonyl (C=O) groups excluding carboxylic acids is 2. The number of anilines is 1. The number of fused-ring (bicyclic) bond motifs is 1. The molecule has 0 radical (unpaired) electrons. The number of rotatable bonds is 9. The fourth-order valence-corrected chi connectivity index (χ4v) is 4.41. The van der Waals surface area contributed by atoms with Crippen LogP contribution in [0.4, 0.5) is 5.69 Å². The second-order valence-electron chi connectivity index (χ2n) is 8.05. The highest BCUT2D eigenvalue weighted by Crippen LogP contribution is 2.28. The van der Waals surface area contributed by atoms with Crippen molar-refractivity contribution in [3.8, 4) is 0 Å². The summed E-state index contributed by atoms with van der Waals surface area (Å²) in [5.74, 6) is -1.76. The van der Waals surface area contributed by atoms with Gasteiger partial charge in [-0.1, -0.05) is 24.3 Å². The van der Waals surface area contributed by atoms with E-state index in [1.54, 1.807) is 41.9 Å². The quantitative estimate of drug-likeness (QED) is 0.172. The predicted molar refractivity (Wildman–Crippen MR) is 142 cm³/mol. The number of carboxylic acid groups (broad SMARTS) is 1. The summed E-state index contributed by atoms with van der Waals surface area (Å²) < 4.78 is 1.83. The van der Waals surface area contributed by atoms with Gasteiger partial charge in [0.05, 0.1) is 5.51 Å². The number of hydrogen-bond donors (Lipinski definition) is 3. The minimum absolute atomic E-state index is 0. The van der Waals surface area contributed by atoms with Gasteiger partial charge in [-0.25, -0.2) is 4.98 Å². The smallest absolute Gasteiger partial charge is 0.323 e. The lowest BCUT2D eigenvalue weighted by Gasteiger charge is -2.20. The van der Waals surface area contributed by atoms with E-state index in [1.807, 2.05) is 23.7 Å². The first-order valence-electron chi connectivity index (χ1n) is 10.7. The van der Waals surface area contributed by atoms with E-state index >= 15 is 0 Å². The Morgan fingerprint density at radius 1 is 1.17 bits per heavy atom. The SMILES string of the molecule is Cl.Cn1cc(C(=O)CCc2ccc(C(=N)N)cc2)c2cc(N(CC(=O)O)C(=O)c3cscn3)ccc21. The summed E-state index contributed by atoms with van der Waals surface area (Å²) in [6.07, 6.45) is 2.53. The number of halogens is 1. The third-order valence-electron chi connectivity index (χ3n) is 5.68. The highest BCUT2D eigenvalue weighted by Gasteiger charge is 2.23. The van der Waals surface area contributed by atoms with Crippen molar-refractivity contribution in [1.82, 2.24) is 9.55 Å². The van der Waals surface area contributed by atoms with E-state index in [9.17, 15) is 19.5 Å². The van der Waals surface area contributed by atoms with E-state index < -0.39 is 18.4 Å². The zero-order valence-electron chi connectivity index (χ0n) is 19.3. The number of nitrogen functional groups attached to an aromatic ring is 1. The minimum atomic E-state index is -1.16. The number of thiazole rings is 1. The number of aromatic nitrogens is 2. The van der Waals surface area contributed by atoms with Crippen LogP contribution in [-0.2, 0) is 18.3 Å². The second-order valence-corrected chi connectivity index (χ2v) is 8.77. The molecule has 11 heteroatoms. The van der Waals surface area contributed by atoms with Crippen molar-refractivity contribution in [2.24, 2.45) is 12.8 Å². The Labute approximate surface area is 217 Å². The monoisotopic (exact) mass is 525 g/mol. The van der Waals surface area contributed by atoms with Crippen molar-refractivity contribution in [2.75, 3.05) is 11.4 Å². The van der Waals surface area contributed by atoms with Gasteiger partial charge in [-0.05, 0) is 30.2 Å². The van der Waals surface area contributed by atoms with Gasteiger partial charge in [-0.3, -0.25) is 24.7 Å². The Bertz CT molecular complexity index is 1430. The van der Waals surface area contributed by atoms with Crippen molar-refractivity contribution < 1.29 is 19.5 Å². The molecule has 0 fully saturated rings. The first-order chi connectivity index (χ1) is 16.7. The molecule has 36 heavy (non-hydrogen) atoms. The molecule has 0 atom stereocenters. The Balaban J connectivity index is 0.00000361. The Morgan fingerprint density at radius 2 is 1.89 bits per heavy atom. The molecule has 186 valence electrons. The molecule has 4 aromatic rings. The number of aryl methyl sites for hydroxylation is 2. The van der Waals surface area contributed by atoms with Crippen LogP contribution in [0.15, 0.2) is 59.6 Å². The summed E-state index contributed by atoms with van der Waals surface area (Å²) in [6.45, 7) is -0.533. The number of ketones is 1. The molecule has 0 aliphatic carbocycles. The maximum absolute atomic E-state index is 13.1. The molecule has 4 N–H and O–H groups in total. The number of Topliss-reactive ketones (excluding diaryl/α,β-unsaturated/α-hetero) is 1. The molecule has 2 heterocycles. The summed E-state index contributed by atoms with van der Waals surface area (Å²) in [7, 11) is 1.83. The van der Waals surface area contributed by atoms with Crippen LogP contribution in [0.5, 0.6) is 0 Å². The number of nitrogens with zero attached hydrogens (tertiary/aromatic N) is 3. The van der Waals surface area contributed by atoms with Gasteiger partial charge in [0.1, 0.15) is 18.1 Å². The van der Waals surface area contributed by atoms with Gasteiger partial charge in [0.15, 0.2) is 5.78 Å². The number of amidine groups is 1. The van der Waals surface area contributed by atoms with Crippen LogP contribution in [0.2, 0.25) is 0 Å². The van der Waals surface area contributed by atoms with Crippen LogP contribution >= 0.6 is 23.7 Å². The third-order valence-corrected chi connectivity index (χ3v) is 6.27. The van der Waals surface area contributed by atoms with Crippen molar-refractivity contribution in [3.63, 3.8) is 0 Å². The van der Waals surface area contributed by atoms with Gasteiger partial charge in [-0.2, -0.15) is 0 Å². The number of carbonyl (C=O) groups is 3. The molecule has 0 spiro atoms. The van der Waals surface area contributed by atoms with Crippen molar-refractivity contribution in [2.45, 2.75) is 12.8 Å². The molecule has 0 saturated carbocycles. The first kappa shape index (κ1) is 26.6. The second kappa shape index (κ2) is 11.1. The van der Waals surface area contributed by atoms with Crippen molar-refractivity contribution >= 4 is 63.8 Å². The predicted octanol–water partition coefficient (Wildman–Crippen LogP) is 3.89. The summed E-state index contributed by atoms with van der Waals surface area (Å²) in [5, 5.41) is 19.1. The van der Waals surface area contributed by atoms with E-state index in [0.29, 0.717) is 28.6 Å². The van der Waals surface area contributed by atoms with Gasteiger partial charge >= 0.3 is 5.97 Å². The third kappa shape index (κ3) is 5.61. The fourth-order valence-electron chi connectivity index (χ4n) is 3.89. The molecular formula is C25H24ClN5O4S. The highest BCUT2D eigenvalue weighted by atomic mass is 35.5. The van der Waals surface area contributed by atoms with Crippen molar-refractivity contribution in [3.05, 3.63) is 81.9 Å². The van der Waals surface area contributed by atoms with E-state index in [-0.39, 0.29) is 36.1 Å². The number of nitrogens with one attached hydrogen (secondary N) is 1. The van der Waals surface area contributed by atoms with Gasteiger partial charge in [-0.15, -0.1) is 23.7 Å². The molecule has 0 saturated heterocycles. The summed E-state index contributed by atoms with van der Waals surface area (Å²) in [4.78, 5) is 42.7. The molecule has 1 amide bonds. The standard InChI is InChI=1S/C25H23N5O4S.ClH/c1-29-11-19(22(31)9-4-15-2-5-16(6-3-15)24(26)27)18-10-17(7-8-21(18)29)30(12-23(32)33)25(34)20-13-35-14-28-20;/h2-3,5-8,10-11,13-14H,4,9,12H2,1H3,(H3,26,27)(H,32,33);1H. The number of benzene rings is 2. The van der Waals surface area contributed by atoms with Crippen LogP contribution < -0.4 is 10.6 Å². The van der Waals surface area contributed by atoms with E-state index in [4.69, 9.17) is 11.1 Å². The largest absolute Gasteiger partial charge is 0.480 e. The van der Waals surface area contributed by atoms with Gasteiger partial charge < -0.3 is 15.4 Å². The lowest BCUT2D eigenvalue weighted by molar-refractivity contribution is -0.135. The average molecular weight is 526 g/mol.